The van der Waals surface area contributed by atoms with Crippen LogP contribution in [0.15, 0.2) is 24.3 Å². The van der Waals surface area contributed by atoms with Gasteiger partial charge in [-0.05, 0) is 43.0 Å². The lowest BCUT2D eigenvalue weighted by Crippen LogP contribution is -2.41. The van der Waals surface area contributed by atoms with Gasteiger partial charge in [0.25, 0.3) is 0 Å². The van der Waals surface area contributed by atoms with E-state index in [4.69, 9.17) is 0 Å². The number of rotatable bonds is 6. The fraction of sp³-hybridized carbons (Fsp3) is 0.556. The molecule has 1 aromatic carbocycles. The third kappa shape index (κ3) is 5.72. The summed E-state index contributed by atoms with van der Waals surface area (Å²) in [6.07, 6.45) is 3.39. The van der Waals surface area contributed by atoms with Crippen LogP contribution in [0.2, 0.25) is 0 Å². The second-order valence-corrected chi connectivity index (χ2v) is 8.81. The Morgan fingerprint density at radius 2 is 1.92 bits per heavy atom. The lowest BCUT2D eigenvalue weighted by atomic mass is 10.00. The standard InChI is InChI=1S/C18H27N3O4S/c1-14-5-4-11-20(13-14)18(23)10-12-21(26(3,24)25)17-8-6-16(7-9-17)19-15(2)22/h6-9,14H,4-5,10-13H2,1-3H3,(H,19,22). The summed E-state index contributed by atoms with van der Waals surface area (Å²) in [5.74, 6) is 0.277. The summed E-state index contributed by atoms with van der Waals surface area (Å²) in [5.41, 5.74) is 1.06. The first-order valence-electron chi connectivity index (χ1n) is 8.80. The van der Waals surface area contributed by atoms with Gasteiger partial charge in [0.1, 0.15) is 0 Å². The smallest absolute Gasteiger partial charge is 0.232 e. The lowest BCUT2D eigenvalue weighted by molar-refractivity contribution is -0.132. The van der Waals surface area contributed by atoms with Crippen LogP contribution in [0, 0.1) is 5.92 Å². The van der Waals surface area contributed by atoms with Gasteiger partial charge in [-0.3, -0.25) is 13.9 Å². The number of benzene rings is 1. The van der Waals surface area contributed by atoms with Crippen molar-refractivity contribution >= 4 is 33.2 Å². The molecule has 1 N–H and O–H groups in total. The number of anilines is 2. The quantitative estimate of drug-likeness (QED) is 0.817. The zero-order chi connectivity index (χ0) is 19.3. The predicted octanol–water partition coefficient (Wildman–Crippen LogP) is 2.06. The maximum atomic E-state index is 12.4. The van der Waals surface area contributed by atoms with E-state index in [2.05, 4.69) is 12.2 Å². The SMILES string of the molecule is CC(=O)Nc1ccc(N(CCC(=O)N2CCCC(C)C2)S(C)(=O)=O)cc1. The first kappa shape index (κ1) is 20.2. The maximum Gasteiger partial charge on any atom is 0.232 e. The molecular formula is C18H27N3O4S. The van der Waals surface area contributed by atoms with Crippen LogP contribution in [-0.2, 0) is 19.6 Å². The molecule has 0 aromatic heterocycles. The molecule has 0 spiro atoms. The van der Waals surface area contributed by atoms with E-state index in [1.165, 1.54) is 11.2 Å². The minimum absolute atomic E-state index is 0.0138. The Kier molecular flexibility index (Phi) is 6.63. The molecule has 0 radical (unpaired) electrons. The van der Waals surface area contributed by atoms with Crippen molar-refractivity contribution < 1.29 is 18.0 Å². The molecule has 0 bridgehead atoms. The first-order valence-corrected chi connectivity index (χ1v) is 10.6. The average molecular weight is 381 g/mol. The molecule has 1 saturated heterocycles. The molecule has 1 aromatic rings. The van der Waals surface area contributed by atoms with Gasteiger partial charge in [0.2, 0.25) is 21.8 Å². The van der Waals surface area contributed by atoms with E-state index in [-0.39, 0.29) is 24.8 Å². The highest BCUT2D eigenvalue weighted by Gasteiger charge is 2.23. The number of amides is 2. The molecule has 1 aliphatic heterocycles. The van der Waals surface area contributed by atoms with Crippen LogP contribution < -0.4 is 9.62 Å². The molecule has 0 aliphatic carbocycles. The monoisotopic (exact) mass is 381 g/mol. The van der Waals surface area contributed by atoms with Gasteiger partial charge in [0.05, 0.1) is 11.9 Å². The summed E-state index contributed by atoms with van der Waals surface area (Å²) < 4.78 is 25.6. The maximum absolute atomic E-state index is 12.4. The minimum atomic E-state index is -3.52. The van der Waals surface area contributed by atoms with Gasteiger partial charge in [0.15, 0.2) is 0 Å². The number of sulfonamides is 1. The summed E-state index contributed by atoms with van der Waals surface area (Å²) in [4.78, 5) is 25.3. The fourth-order valence-electron chi connectivity index (χ4n) is 3.17. The Bertz CT molecular complexity index is 746. The van der Waals surface area contributed by atoms with Gasteiger partial charge in [-0.15, -0.1) is 0 Å². The molecule has 1 aliphatic rings. The van der Waals surface area contributed by atoms with Gasteiger partial charge in [0, 0.05) is 38.7 Å². The number of carbonyl (C=O) groups is 2. The summed E-state index contributed by atoms with van der Waals surface area (Å²) in [6, 6.07) is 6.53. The van der Waals surface area contributed by atoms with E-state index in [1.807, 2.05) is 4.90 Å². The molecule has 8 heteroatoms. The number of piperidine rings is 1. The molecule has 144 valence electrons. The molecular weight excluding hydrogens is 354 g/mol. The van der Waals surface area contributed by atoms with Crippen LogP contribution in [-0.4, -0.2) is 51.0 Å². The number of carbonyl (C=O) groups excluding carboxylic acids is 2. The second kappa shape index (κ2) is 8.53. The molecule has 1 heterocycles. The Morgan fingerprint density at radius 3 is 2.46 bits per heavy atom. The molecule has 1 atom stereocenters. The van der Waals surface area contributed by atoms with Gasteiger partial charge in [-0.2, -0.15) is 0 Å². The van der Waals surface area contributed by atoms with Crippen molar-refractivity contribution in [1.29, 1.82) is 0 Å². The Labute approximate surface area is 155 Å². The predicted molar refractivity (Wildman–Crippen MR) is 103 cm³/mol. The Morgan fingerprint density at radius 1 is 1.27 bits per heavy atom. The number of nitrogens with one attached hydrogen (secondary N) is 1. The van der Waals surface area contributed by atoms with Crippen molar-refractivity contribution in [2.75, 3.05) is 35.5 Å². The molecule has 1 fully saturated rings. The third-order valence-corrected chi connectivity index (χ3v) is 5.61. The summed E-state index contributed by atoms with van der Waals surface area (Å²) in [6.45, 7) is 5.11. The summed E-state index contributed by atoms with van der Waals surface area (Å²) in [5, 5.41) is 2.64. The highest BCUT2D eigenvalue weighted by atomic mass is 32.2. The third-order valence-electron chi connectivity index (χ3n) is 4.41. The zero-order valence-corrected chi connectivity index (χ0v) is 16.4. The van der Waals surface area contributed by atoms with Crippen molar-refractivity contribution in [2.24, 2.45) is 5.92 Å². The van der Waals surface area contributed by atoms with Gasteiger partial charge in [-0.1, -0.05) is 6.92 Å². The van der Waals surface area contributed by atoms with E-state index >= 15 is 0 Å². The minimum Gasteiger partial charge on any atom is -0.342 e. The largest absolute Gasteiger partial charge is 0.342 e. The van der Waals surface area contributed by atoms with Gasteiger partial charge >= 0.3 is 0 Å². The van der Waals surface area contributed by atoms with E-state index in [0.29, 0.717) is 17.3 Å². The van der Waals surface area contributed by atoms with Crippen LogP contribution in [0.25, 0.3) is 0 Å². The normalized spacial score (nSPS) is 17.7. The van der Waals surface area contributed by atoms with Gasteiger partial charge < -0.3 is 10.2 Å². The lowest BCUT2D eigenvalue weighted by Gasteiger charge is -2.32. The van der Waals surface area contributed by atoms with E-state index in [0.717, 1.165) is 32.2 Å². The van der Waals surface area contributed by atoms with Crippen molar-refractivity contribution in [3.63, 3.8) is 0 Å². The zero-order valence-electron chi connectivity index (χ0n) is 15.6. The fourth-order valence-corrected chi connectivity index (χ4v) is 4.10. The molecule has 26 heavy (non-hydrogen) atoms. The van der Waals surface area contributed by atoms with Crippen LogP contribution >= 0.6 is 0 Å². The van der Waals surface area contributed by atoms with E-state index in [9.17, 15) is 18.0 Å². The highest BCUT2D eigenvalue weighted by Crippen LogP contribution is 2.22. The number of likely N-dealkylation sites (tertiary alicyclic amines) is 1. The first-order chi connectivity index (χ1) is 12.2. The Hall–Kier alpha value is -2.09. The average Bonchev–Trinajstić information content (AvgIpc) is 2.54. The van der Waals surface area contributed by atoms with E-state index in [1.54, 1.807) is 24.3 Å². The highest BCUT2D eigenvalue weighted by molar-refractivity contribution is 7.92. The molecule has 7 nitrogen and oxygen atoms in total. The van der Waals surface area contributed by atoms with Crippen molar-refractivity contribution in [3.8, 4) is 0 Å². The molecule has 1 unspecified atom stereocenters. The van der Waals surface area contributed by atoms with Crippen LogP contribution in [0.3, 0.4) is 0 Å². The summed E-state index contributed by atoms with van der Waals surface area (Å²) >= 11 is 0. The molecule has 0 saturated carbocycles. The summed E-state index contributed by atoms with van der Waals surface area (Å²) in [7, 11) is -3.52. The number of hydrogen-bond acceptors (Lipinski definition) is 4. The van der Waals surface area contributed by atoms with Crippen molar-refractivity contribution in [3.05, 3.63) is 24.3 Å². The number of hydrogen-bond donors (Lipinski definition) is 1. The van der Waals surface area contributed by atoms with E-state index < -0.39 is 10.0 Å². The Balaban J connectivity index is 2.06. The van der Waals surface area contributed by atoms with Gasteiger partial charge in [-0.25, -0.2) is 8.42 Å². The second-order valence-electron chi connectivity index (χ2n) is 6.90. The van der Waals surface area contributed by atoms with Crippen LogP contribution in [0.5, 0.6) is 0 Å². The topological polar surface area (TPSA) is 86.8 Å². The number of nitrogens with zero attached hydrogens (tertiary/aromatic N) is 2. The molecule has 2 amide bonds. The van der Waals surface area contributed by atoms with Crippen molar-refractivity contribution in [1.82, 2.24) is 4.90 Å². The van der Waals surface area contributed by atoms with Crippen molar-refractivity contribution in [2.45, 2.75) is 33.1 Å². The van der Waals surface area contributed by atoms with Crippen LogP contribution in [0.4, 0.5) is 11.4 Å². The van der Waals surface area contributed by atoms with Crippen LogP contribution in [0.1, 0.15) is 33.1 Å². The molecule has 2 rings (SSSR count).